The van der Waals surface area contributed by atoms with Crippen LogP contribution in [0.2, 0.25) is 0 Å². The van der Waals surface area contributed by atoms with Gasteiger partial charge in [0.25, 0.3) is 0 Å². The first-order valence-electron chi connectivity index (χ1n) is 12.9. The Labute approximate surface area is 224 Å². The molecule has 0 radical (unpaired) electrons. The summed E-state index contributed by atoms with van der Waals surface area (Å²) in [7, 11) is 0. The monoisotopic (exact) mass is 523 g/mol. The molecule has 2 aromatic carbocycles. The van der Waals surface area contributed by atoms with Crippen molar-refractivity contribution in [3.63, 3.8) is 0 Å². The van der Waals surface area contributed by atoms with Crippen LogP contribution < -0.4 is 5.32 Å². The molecule has 0 amide bonds. The topological polar surface area (TPSA) is 108 Å². The van der Waals surface area contributed by atoms with E-state index in [1.165, 1.54) is 0 Å². The summed E-state index contributed by atoms with van der Waals surface area (Å²) in [6.45, 7) is 6.94. The number of carbonyl (C=O) groups is 4. The molecule has 0 bridgehead atoms. The molecular weight excluding hydrogens is 486 g/mol. The number of rotatable bonds is 11. The summed E-state index contributed by atoms with van der Waals surface area (Å²) >= 11 is 0. The fourth-order valence-electron chi connectivity index (χ4n) is 3.56. The average molecular weight is 524 g/mol. The lowest BCUT2D eigenvalue weighted by atomic mass is 10.1. The van der Waals surface area contributed by atoms with Crippen LogP contribution in [0.1, 0.15) is 67.2 Å². The molecule has 0 saturated heterocycles. The van der Waals surface area contributed by atoms with E-state index in [-0.39, 0.29) is 41.9 Å². The van der Waals surface area contributed by atoms with E-state index in [0.29, 0.717) is 24.3 Å². The first-order chi connectivity index (χ1) is 18.1. The van der Waals surface area contributed by atoms with Crippen LogP contribution in [-0.2, 0) is 23.8 Å². The van der Waals surface area contributed by atoms with Crippen LogP contribution in [0.3, 0.4) is 0 Å². The van der Waals surface area contributed by atoms with Gasteiger partial charge in [0, 0.05) is 12.0 Å². The SMILES string of the molecule is CC(C)(C)OC(=O)CNCC1(COC(=O)c2ccccc2)CC1.O=CC1(COC(=O)c2ccccc2)CC1. The van der Waals surface area contributed by atoms with E-state index in [1.54, 1.807) is 36.4 Å². The van der Waals surface area contributed by atoms with Crippen LogP contribution in [0.4, 0.5) is 0 Å². The summed E-state index contributed by atoms with van der Waals surface area (Å²) in [5, 5.41) is 3.11. The Bertz CT molecular complexity index is 1080. The standard InChI is InChI=1S/C18H25NO4.C12H12O3/c1-17(2,3)23-15(20)11-19-12-18(9-10-18)13-22-16(21)14-7-5-4-6-8-14;13-8-12(6-7-12)9-15-11(14)10-4-2-1-3-5-10/h4-8,19H,9-13H2,1-3H3;1-5,8H,6-7,9H2. The van der Waals surface area contributed by atoms with Gasteiger partial charge in [-0.15, -0.1) is 0 Å². The maximum absolute atomic E-state index is 11.9. The summed E-state index contributed by atoms with van der Waals surface area (Å²) in [5.74, 6) is -0.928. The maximum atomic E-state index is 11.9. The zero-order valence-corrected chi connectivity index (χ0v) is 22.4. The molecule has 0 atom stereocenters. The van der Waals surface area contributed by atoms with Gasteiger partial charge in [-0.25, -0.2) is 9.59 Å². The highest BCUT2D eigenvalue weighted by Gasteiger charge is 2.44. The lowest BCUT2D eigenvalue weighted by molar-refractivity contribution is -0.153. The minimum absolute atomic E-state index is 0.0353. The van der Waals surface area contributed by atoms with Crippen LogP contribution in [0, 0.1) is 10.8 Å². The molecule has 0 heterocycles. The van der Waals surface area contributed by atoms with Crippen LogP contribution in [0.25, 0.3) is 0 Å². The van der Waals surface area contributed by atoms with Crippen molar-refractivity contribution in [1.29, 1.82) is 0 Å². The molecular formula is C30H37NO7. The highest BCUT2D eigenvalue weighted by molar-refractivity contribution is 5.89. The molecule has 1 N–H and O–H groups in total. The number of esters is 3. The fourth-order valence-corrected chi connectivity index (χ4v) is 3.56. The number of aldehydes is 1. The van der Waals surface area contributed by atoms with Gasteiger partial charge in [0.15, 0.2) is 0 Å². The number of ether oxygens (including phenoxy) is 3. The molecule has 8 nitrogen and oxygen atoms in total. The molecule has 204 valence electrons. The van der Waals surface area contributed by atoms with Gasteiger partial charge in [-0.2, -0.15) is 0 Å². The Morgan fingerprint density at radius 1 is 0.816 bits per heavy atom. The van der Waals surface area contributed by atoms with E-state index in [1.807, 2.05) is 45.0 Å². The molecule has 2 fully saturated rings. The smallest absolute Gasteiger partial charge is 0.338 e. The Kier molecular flexibility index (Phi) is 9.80. The van der Waals surface area contributed by atoms with Gasteiger partial charge in [0.05, 0.1) is 29.7 Å². The van der Waals surface area contributed by atoms with Crippen LogP contribution in [0.15, 0.2) is 60.7 Å². The first-order valence-corrected chi connectivity index (χ1v) is 12.9. The molecule has 2 saturated carbocycles. The van der Waals surface area contributed by atoms with Crippen LogP contribution in [0.5, 0.6) is 0 Å². The zero-order valence-electron chi connectivity index (χ0n) is 22.4. The molecule has 2 aliphatic rings. The summed E-state index contributed by atoms with van der Waals surface area (Å²) < 4.78 is 15.7. The molecule has 8 heteroatoms. The third-order valence-corrected chi connectivity index (χ3v) is 6.31. The van der Waals surface area contributed by atoms with Crippen molar-refractivity contribution in [2.24, 2.45) is 10.8 Å². The maximum Gasteiger partial charge on any atom is 0.338 e. The number of carbonyl (C=O) groups excluding carboxylic acids is 4. The number of nitrogens with one attached hydrogen (secondary N) is 1. The molecule has 38 heavy (non-hydrogen) atoms. The molecule has 0 unspecified atom stereocenters. The quantitative estimate of drug-likeness (QED) is 0.263. The number of benzene rings is 2. The van der Waals surface area contributed by atoms with Gasteiger partial charge >= 0.3 is 17.9 Å². The van der Waals surface area contributed by atoms with E-state index >= 15 is 0 Å². The van der Waals surface area contributed by atoms with Gasteiger partial charge in [0.1, 0.15) is 18.5 Å². The highest BCUT2D eigenvalue weighted by Crippen LogP contribution is 2.45. The Hall–Kier alpha value is -3.52. The molecule has 2 aromatic rings. The van der Waals surface area contributed by atoms with Crippen molar-refractivity contribution >= 4 is 24.2 Å². The predicted octanol–water partition coefficient (Wildman–Crippen LogP) is 4.38. The first kappa shape index (κ1) is 29.0. The summed E-state index contributed by atoms with van der Waals surface area (Å²) in [4.78, 5) is 45.7. The average Bonchev–Trinajstić information content (AvgIpc) is 3.83. The number of hydrogen-bond acceptors (Lipinski definition) is 8. The van der Waals surface area contributed by atoms with Crippen LogP contribution in [-0.4, -0.2) is 56.1 Å². The second-order valence-electron chi connectivity index (χ2n) is 11.1. The van der Waals surface area contributed by atoms with Gasteiger partial charge < -0.3 is 24.3 Å². The van der Waals surface area contributed by atoms with Crippen molar-refractivity contribution in [2.75, 3.05) is 26.3 Å². The van der Waals surface area contributed by atoms with Crippen molar-refractivity contribution in [3.8, 4) is 0 Å². The van der Waals surface area contributed by atoms with E-state index in [2.05, 4.69) is 5.32 Å². The van der Waals surface area contributed by atoms with E-state index < -0.39 is 5.60 Å². The normalized spacial score (nSPS) is 16.2. The van der Waals surface area contributed by atoms with Crippen molar-refractivity contribution in [3.05, 3.63) is 71.8 Å². The van der Waals surface area contributed by atoms with E-state index in [0.717, 1.165) is 32.0 Å². The molecule has 0 spiro atoms. The predicted molar refractivity (Wildman–Crippen MR) is 142 cm³/mol. The second-order valence-corrected chi connectivity index (χ2v) is 11.1. The highest BCUT2D eigenvalue weighted by atomic mass is 16.6. The van der Waals surface area contributed by atoms with Gasteiger partial charge in [0.2, 0.25) is 0 Å². The van der Waals surface area contributed by atoms with Crippen LogP contribution >= 0.6 is 0 Å². The fraction of sp³-hybridized carbons (Fsp3) is 0.467. The molecule has 2 aliphatic carbocycles. The zero-order chi connectivity index (χ0) is 27.7. The summed E-state index contributed by atoms with van der Waals surface area (Å²) in [6.07, 6.45) is 4.55. The number of hydrogen-bond donors (Lipinski definition) is 1. The second kappa shape index (κ2) is 12.8. The molecule has 4 rings (SSSR count). The largest absolute Gasteiger partial charge is 0.461 e. The Balaban J connectivity index is 0.000000230. The molecule has 0 aromatic heterocycles. The Morgan fingerprint density at radius 2 is 1.32 bits per heavy atom. The summed E-state index contributed by atoms with van der Waals surface area (Å²) in [6, 6.07) is 17.8. The van der Waals surface area contributed by atoms with E-state index in [4.69, 9.17) is 14.2 Å². The minimum Gasteiger partial charge on any atom is -0.461 e. The third kappa shape index (κ3) is 9.74. The van der Waals surface area contributed by atoms with E-state index in [9.17, 15) is 19.2 Å². The third-order valence-electron chi connectivity index (χ3n) is 6.31. The lowest BCUT2D eigenvalue weighted by Gasteiger charge is -2.20. The van der Waals surface area contributed by atoms with Gasteiger partial charge in [-0.3, -0.25) is 4.79 Å². The van der Waals surface area contributed by atoms with Gasteiger partial charge in [-0.05, 0) is 70.7 Å². The lowest BCUT2D eigenvalue weighted by Crippen LogP contribution is -2.35. The van der Waals surface area contributed by atoms with Crippen molar-refractivity contribution in [2.45, 2.75) is 52.1 Å². The Morgan fingerprint density at radius 3 is 1.74 bits per heavy atom. The van der Waals surface area contributed by atoms with Crippen molar-refractivity contribution in [1.82, 2.24) is 5.32 Å². The minimum atomic E-state index is -0.471. The summed E-state index contributed by atoms with van der Waals surface area (Å²) in [5.41, 5.74) is 0.210. The molecule has 0 aliphatic heterocycles. The van der Waals surface area contributed by atoms with Crippen molar-refractivity contribution < 1.29 is 33.4 Å². The van der Waals surface area contributed by atoms with Gasteiger partial charge in [-0.1, -0.05) is 36.4 Å².